The molecule has 14 heavy (non-hydrogen) atoms. The van der Waals surface area contributed by atoms with Crippen molar-refractivity contribution in [2.45, 2.75) is 0 Å². The first-order chi connectivity index (χ1) is 6.83. The van der Waals surface area contributed by atoms with Gasteiger partial charge in [0.25, 0.3) is 0 Å². The first-order valence-corrected chi connectivity index (χ1v) is 4.06. The van der Waals surface area contributed by atoms with Gasteiger partial charge in [-0.25, -0.2) is 4.39 Å². The summed E-state index contributed by atoms with van der Waals surface area (Å²) in [6.45, 7) is 0. The Morgan fingerprint density at radius 1 is 1.36 bits per heavy atom. The molecule has 0 amide bonds. The number of carbonyl (C=O) groups is 1. The molecule has 0 atom stereocenters. The van der Waals surface area contributed by atoms with Crippen molar-refractivity contribution >= 4 is 6.29 Å². The minimum absolute atomic E-state index is 0.264. The number of nitrogens with one attached hydrogen (secondary N) is 1. The first-order valence-electron chi connectivity index (χ1n) is 4.06. The number of hydrogen-bond acceptors (Lipinski definition) is 2. The highest BCUT2D eigenvalue weighted by molar-refractivity contribution is 5.86. The highest BCUT2D eigenvalue weighted by atomic mass is 19.1. The molecule has 0 bridgehead atoms. The van der Waals surface area contributed by atoms with E-state index in [2.05, 4.69) is 10.2 Å². The smallest absolute Gasteiger partial charge is 0.150 e. The topological polar surface area (TPSA) is 45.8 Å². The lowest BCUT2D eigenvalue weighted by Gasteiger charge is -2.02. The molecule has 0 unspecified atom stereocenters. The van der Waals surface area contributed by atoms with Gasteiger partial charge in [0.1, 0.15) is 5.82 Å². The summed E-state index contributed by atoms with van der Waals surface area (Å²) >= 11 is 0. The van der Waals surface area contributed by atoms with Crippen LogP contribution < -0.4 is 0 Å². The van der Waals surface area contributed by atoms with Crippen molar-refractivity contribution in [3.05, 3.63) is 41.8 Å². The van der Waals surface area contributed by atoms with E-state index in [4.69, 9.17) is 0 Å². The number of rotatable bonds is 2. The zero-order valence-corrected chi connectivity index (χ0v) is 7.20. The Kier molecular flexibility index (Phi) is 2.10. The summed E-state index contributed by atoms with van der Waals surface area (Å²) in [5.41, 5.74) is 1.08. The van der Waals surface area contributed by atoms with E-state index in [-0.39, 0.29) is 5.56 Å². The van der Waals surface area contributed by atoms with Crippen molar-refractivity contribution in [3.63, 3.8) is 0 Å². The minimum Gasteiger partial charge on any atom is -0.298 e. The molecular formula is C10H7FN2O. The molecule has 1 aromatic heterocycles. The summed E-state index contributed by atoms with van der Waals surface area (Å²) in [7, 11) is 0. The molecule has 3 nitrogen and oxygen atoms in total. The molecule has 0 fully saturated rings. The third-order valence-electron chi connectivity index (χ3n) is 1.94. The van der Waals surface area contributed by atoms with Gasteiger partial charge in [-0.05, 0) is 12.1 Å². The van der Waals surface area contributed by atoms with Crippen LogP contribution in [0.4, 0.5) is 4.39 Å². The van der Waals surface area contributed by atoms with E-state index in [1.54, 1.807) is 12.1 Å². The Bertz CT molecular complexity index is 451. The maximum atomic E-state index is 13.4. The Morgan fingerprint density at radius 3 is 2.86 bits per heavy atom. The molecule has 0 spiro atoms. The van der Waals surface area contributed by atoms with Crippen LogP contribution in [0, 0.1) is 5.82 Å². The summed E-state index contributed by atoms with van der Waals surface area (Å²) in [4.78, 5) is 10.7. The number of halogens is 1. The van der Waals surface area contributed by atoms with Crippen molar-refractivity contribution in [1.29, 1.82) is 0 Å². The highest BCUT2D eigenvalue weighted by Gasteiger charge is 2.10. The van der Waals surface area contributed by atoms with Crippen LogP contribution in [0.25, 0.3) is 11.3 Å². The van der Waals surface area contributed by atoms with E-state index in [1.807, 2.05) is 0 Å². The lowest BCUT2D eigenvalue weighted by atomic mass is 10.1. The van der Waals surface area contributed by atoms with Crippen LogP contribution >= 0.6 is 0 Å². The number of benzene rings is 1. The van der Waals surface area contributed by atoms with Crippen LogP contribution in [0.1, 0.15) is 10.4 Å². The maximum Gasteiger partial charge on any atom is 0.150 e. The number of hydrogen-bond donors (Lipinski definition) is 1. The molecule has 2 aromatic rings. The largest absolute Gasteiger partial charge is 0.298 e. The number of aldehydes is 1. The average molecular weight is 190 g/mol. The molecule has 0 aliphatic heterocycles. The predicted octanol–water partition coefficient (Wildman–Crippen LogP) is 2.03. The van der Waals surface area contributed by atoms with E-state index in [0.29, 0.717) is 17.5 Å². The van der Waals surface area contributed by atoms with Crippen LogP contribution in [-0.2, 0) is 0 Å². The highest BCUT2D eigenvalue weighted by Crippen LogP contribution is 2.23. The summed E-state index contributed by atoms with van der Waals surface area (Å²) in [5, 5.41) is 6.33. The van der Waals surface area contributed by atoms with Gasteiger partial charge in [-0.1, -0.05) is 12.1 Å². The van der Waals surface area contributed by atoms with Crippen molar-refractivity contribution in [3.8, 4) is 11.3 Å². The van der Waals surface area contributed by atoms with Crippen LogP contribution in [0.3, 0.4) is 0 Å². The molecule has 1 aromatic carbocycles. The van der Waals surface area contributed by atoms with Gasteiger partial charge in [0.05, 0.1) is 5.69 Å². The Hall–Kier alpha value is -1.97. The molecule has 0 aliphatic carbocycles. The molecule has 70 valence electrons. The monoisotopic (exact) mass is 190 g/mol. The molecule has 1 heterocycles. The standard InChI is InChI=1S/C10H7FN2O/c11-8-3-1-2-7(6-14)10(8)9-4-5-12-13-9/h1-6H,(H,12,13). The third-order valence-corrected chi connectivity index (χ3v) is 1.94. The zero-order chi connectivity index (χ0) is 9.97. The molecule has 1 N–H and O–H groups in total. The third kappa shape index (κ3) is 1.31. The molecule has 4 heteroatoms. The fraction of sp³-hybridized carbons (Fsp3) is 0. The van der Waals surface area contributed by atoms with Crippen molar-refractivity contribution in [2.75, 3.05) is 0 Å². The molecule has 0 radical (unpaired) electrons. The van der Waals surface area contributed by atoms with Gasteiger partial charge < -0.3 is 0 Å². The van der Waals surface area contributed by atoms with E-state index >= 15 is 0 Å². The SMILES string of the molecule is O=Cc1cccc(F)c1-c1ccn[nH]1. The van der Waals surface area contributed by atoms with Gasteiger partial charge in [-0.2, -0.15) is 5.10 Å². The zero-order valence-electron chi connectivity index (χ0n) is 7.20. The molecule has 0 aliphatic rings. The molecular weight excluding hydrogens is 183 g/mol. The van der Waals surface area contributed by atoms with Crippen LogP contribution in [0.2, 0.25) is 0 Å². The van der Waals surface area contributed by atoms with Crippen LogP contribution in [0.5, 0.6) is 0 Å². The van der Waals surface area contributed by atoms with Gasteiger partial charge in [0, 0.05) is 17.3 Å². The number of nitrogens with zero attached hydrogens (tertiary/aromatic N) is 1. The second-order valence-corrected chi connectivity index (χ2v) is 2.79. The normalized spacial score (nSPS) is 10.1. The number of H-pyrrole nitrogens is 1. The van der Waals surface area contributed by atoms with Gasteiger partial charge in [0.15, 0.2) is 6.29 Å². The Balaban J connectivity index is 2.67. The van der Waals surface area contributed by atoms with E-state index in [9.17, 15) is 9.18 Å². The van der Waals surface area contributed by atoms with E-state index in [0.717, 1.165) is 0 Å². The minimum atomic E-state index is -0.432. The second-order valence-electron chi connectivity index (χ2n) is 2.79. The maximum absolute atomic E-state index is 13.4. The first kappa shape index (κ1) is 8.62. The lowest BCUT2D eigenvalue weighted by Crippen LogP contribution is -1.92. The van der Waals surface area contributed by atoms with Crippen molar-refractivity contribution in [2.24, 2.45) is 0 Å². The van der Waals surface area contributed by atoms with Crippen molar-refractivity contribution < 1.29 is 9.18 Å². The van der Waals surface area contributed by atoms with Crippen molar-refractivity contribution in [1.82, 2.24) is 10.2 Å². The average Bonchev–Trinajstić information content (AvgIpc) is 2.70. The summed E-state index contributed by atoms with van der Waals surface area (Å²) in [6.07, 6.45) is 2.13. The van der Waals surface area contributed by atoms with Gasteiger partial charge in [0.2, 0.25) is 0 Å². The molecule has 0 saturated carbocycles. The van der Waals surface area contributed by atoms with Gasteiger partial charge in [-0.15, -0.1) is 0 Å². The second kappa shape index (κ2) is 3.41. The fourth-order valence-electron chi connectivity index (χ4n) is 1.32. The lowest BCUT2D eigenvalue weighted by molar-refractivity contribution is 0.112. The van der Waals surface area contributed by atoms with Gasteiger partial charge >= 0.3 is 0 Å². The fourth-order valence-corrected chi connectivity index (χ4v) is 1.32. The summed E-state index contributed by atoms with van der Waals surface area (Å²) in [6, 6.07) is 5.99. The predicted molar refractivity (Wildman–Crippen MR) is 49.4 cm³/mol. The Labute approximate surface area is 79.6 Å². The van der Waals surface area contributed by atoms with E-state index < -0.39 is 5.82 Å². The van der Waals surface area contributed by atoms with E-state index in [1.165, 1.54) is 18.3 Å². The quantitative estimate of drug-likeness (QED) is 0.736. The number of aromatic amines is 1. The Morgan fingerprint density at radius 2 is 2.21 bits per heavy atom. The molecule has 2 rings (SSSR count). The van der Waals surface area contributed by atoms with Crippen LogP contribution in [0.15, 0.2) is 30.5 Å². The number of aromatic nitrogens is 2. The molecule has 0 saturated heterocycles. The summed E-state index contributed by atoms with van der Waals surface area (Å²) < 4.78 is 13.4. The van der Waals surface area contributed by atoms with Crippen LogP contribution in [-0.4, -0.2) is 16.5 Å². The van der Waals surface area contributed by atoms with Gasteiger partial charge in [-0.3, -0.25) is 9.89 Å². The number of carbonyl (C=O) groups excluding carboxylic acids is 1. The summed E-state index contributed by atoms with van der Waals surface area (Å²) in [5.74, 6) is -0.432.